The van der Waals surface area contributed by atoms with Gasteiger partial charge in [-0.3, -0.25) is 9.59 Å². The Labute approximate surface area is 59.2 Å². The lowest BCUT2D eigenvalue weighted by molar-refractivity contribution is -0.144. The van der Waals surface area contributed by atoms with E-state index in [2.05, 4.69) is 12.2 Å². The third-order valence-electron chi connectivity index (χ3n) is 0.966. The number of hydrogen-bond acceptors (Lipinski definition) is 2. The highest BCUT2D eigenvalue weighted by molar-refractivity contribution is 5.97. The molecule has 0 bridgehead atoms. The fraction of sp³-hybridized carbons (Fsp3) is 0.500. The summed E-state index contributed by atoms with van der Waals surface area (Å²) in [4.78, 5) is 20.7. The Bertz CT molecular complexity index is 144. The van der Waals surface area contributed by atoms with Crippen LogP contribution < -0.4 is 5.32 Å². The second kappa shape index (κ2) is 3.87. The number of hydrogen-bond donors (Lipinski definition) is 2. The van der Waals surface area contributed by atoms with Gasteiger partial charge in [-0.2, -0.15) is 0 Å². The maximum Gasteiger partial charge on any atom is 0.316 e. The van der Waals surface area contributed by atoms with E-state index in [-0.39, 0.29) is 0 Å². The highest BCUT2D eigenvalue weighted by atomic mass is 16.4. The van der Waals surface area contributed by atoms with Gasteiger partial charge in [0.05, 0.1) is 0 Å². The average molecular weight is 144 g/mol. The van der Waals surface area contributed by atoms with Crippen molar-refractivity contribution in [1.82, 2.24) is 5.32 Å². The maximum absolute atomic E-state index is 10.6. The number of rotatable bonds is 3. The van der Waals surface area contributed by atoms with Crippen LogP contribution in [0.2, 0.25) is 0 Å². The molecule has 0 heterocycles. The zero-order chi connectivity index (χ0) is 8.15. The number of carbonyl (C=O) groups is 2. The first kappa shape index (κ1) is 8.94. The van der Waals surface area contributed by atoms with Gasteiger partial charge < -0.3 is 10.4 Å². The van der Waals surface area contributed by atoms with Gasteiger partial charge in [0.15, 0.2) is 0 Å². The van der Waals surface area contributed by atoms with Gasteiger partial charge in [-0.25, -0.2) is 0 Å². The molecule has 4 heteroatoms. The van der Waals surface area contributed by atoms with Crippen LogP contribution in [0.25, 0.3) is 0 Å². The van der Waals surface area contributed by atoms with Crippen LogP contribution in [0.3, 0.4) is 0 Å². The molecule has 1 amide bonds. The maximum atomic E-state index is 10.6. The molecule has 0 rings (SSSR count). The zero-order valence-electron chi connectivity index (χ0n) is 5.76. The van der Waals surface area contributed by atoms with E-state index in [4.69, 9.17) is 5.11 Å². The van der Waals surface area contributed by atoms with E-state index >= 15 is 0 Å². The third kappa shape index (κ3) is 2.48. The fourth-order valence-electron chi connectivity index (χ4n) is 0.410. The first-order valence-corrected chi connectivity index (χ1v) is 2.93. The van der Waals surface area contributed by atoms with Crippen LogP contribution in [0.4, 0.5) is 0 Å². The summed E-state index contributed by atoms with van der Waals surface area (Å²) in [5.74, 6) is -2.94. The summed E-state index contributed by atoms with van der Waals surface area (Å²) in [7, 11) is 0. The van der Waals surface area contributed by atoms with E-state index in [0.29, 0.717) is 6.54 Å². The summed E-state index contributed by atoms with van der Waals surface area (Å²) in [6.07, 6.45) is 0. The highest BCUT2D eigenvalue weighted by Crippen LogP contribution is 1.92. The van der Waals surface area contributed by atoms with E-state index in [9.17, 15) is 9.59 Å². The molecule has 10 heavy (non-hydrogen) atoms. The quantitative estimate of drug-likeness (QED) is 0.532. The van der Waals surface area contributed by atoms with Crippen molar-refractivity contribution in [3.8, 4) is 0 Å². The molecule has 0 aromatic rings. The minimum atomic E-state index is -1.20. The minimum Gasteiger partial charge on any atom is -0.481 e. The Morgan fingerprint density at radius 3 is 2.50 bits per heavy atom. The third-order valence-corrected chi connectivity index (χ3v) is 0.966. The van der Waals surface area contributed by atoms with E-state index < -0.39 is 17.8 Å². The number of carboxylic acid groups (broad SMARTS) is 1. The Hall–Kier alpha value is -1.06. The van der Waals surface area contributed by atoms with Crippen LogP contribution >= 0.6 is 0 Å². The molecule has 0 saturated heterocycles. The van der Waals surface area contributed by atoms with Crippen LogP contribution in [0.15, 0.2) is 0 Å². The van der Waals surface area contributed by atoms with Crippen molar-refractivity contribution in [2.75, 3.05) is 6.54 Å². The molecule has 2 N–H and O–H groups in total. The van der Waals surface area contributed by atoms with Gasteiger partial charge in [0.2, 0.25) is 5.91 Å². The van der Waals surface area contributed by atoms with Crippen LogP contribution in [0, 0.1) is 12.8 Å². The Morgan fingerprint density at radius 1 is 1.70 bits per heavy atom. The molecule has 0 aromatic heterocycles. The molecule has 0 aliphatic heterocycles. The topological polar surface area (TPSA) is 66.4 Å². The highest BCUT2D eigenvalue weighted by Gasteiger charge is 2.18. The van der Waals surface area contributed by atoms with E-state index in [0.717, 1.165) is 0 Å². The largest absolute Gasteiger partial charge is 0.481 e. The lowest BCUT2D eigenvalue weighted by atomic mass is 10.2. The summed E-state index contributed by atoms with van der Waals surface area (Å²) >= 11 is 0. The molecule has 1 unspecified atom stereocenters. The average Bonchev–Trinajstić information content (AvgIpc) is 1.87. The van der Waals surface area contributed by atoms with Crippen LogP contribution in [-0.2, 0) is 9.59 Å². The first-order chi connectivity index (χ1) is 4.59. The van der Waals surface area contributed by atoms with Gasteiger partial charge in [-0.1, -0.05) is 0 Å². The normalized spacial score (nSPS) is 12.2. The first-order valence-electron chi connectivity index (χ1n) is 2.93. The van der Waals surface area contributed by atoms with Gasteiger partial charge in [0, 0.05) is 6.54 Å². The van der Waals surface area contributed by atoms with Crippen molar-refractivity contribution in [3.05, 3.63) is 6.92 Å². The van der Waals surface area contributed by atoms with Gasteiger partial charge in [0.1, 0.15) is 5.92 Å². The smallest absolute Gasteiger partial charge is 0.316 e. The predicted molar refractivity (Wildman–Crippen MR) is 35.2 cm³/mol. The van der Waals surface area contributed by atoms with Crippen molar-refractivity contribution in [3.63, 3.8) is 0 Å². The summed E-state index contributed by atoms with van der Waals surface area (Å²) in [5.41, 5.74) is 0. The summed E-state index contributed by atoms with van der Waals surface area (Å²) in [6, 6.07) is 0. The Kier molecular flexibility index (Phi) is 3.46. The van der Waals surface area contributed by atoms with Crippen molar-refractivity contribution in [2.45, 2.75) is 6.92 Å². The minimum absolute atomic E-state index is 0.429. The second-order valence-electron chi connectivity index (χ2n) is 1.79. The lowest BCUT2D eigenvalue weighted by Crippen LogP contribution is -2.33. The SMILES string of the molecule is [CH2]C(C(=O)O)C(=O)NCC. The molecular weight excluding hydrogens is 134 g/mol. The Balaban J connectivity index is 3.82. The van der Waals surface area contributed by atoms with Gasteiger partial charge in [-0.05, 0) is 13.8 Å². The second-order valence-corrected chi connectivity index (χ2v) is 1.79. The van der Waals surface area contributed by atoms with Gasteiger partial charge in [0.25, 0.3) is 0 Å². The summed E-state index contributed by atoms with van der Waals surface area (Å²) in [5, 5.41) is 10.6. The monoisotopic (exact) mass is 144 g/mol. The van der Waals surface area contributed by atoms with Crippen molar-refractivity contribution >= 4 is 11.9 Å². The number of nitrogens with one attached hydrogen (secondary N) is 1. The van der Waals surface area contributed by atoms with Gasteiger partial charge in [-0.15, -0.1) is 0 Å². The van der Waals surface area contributed by atoms with E-state index in [1.165, 1.54) is 0 Å². The number of aliphatic carboxylic acids is 1. The van der Waals surface area contributed by atoms with Crippen molar-refractivity contribution in [2.24, 2.45) is 5.92 Å². The number of carboxylic acids is 1. The Morgan fingerprint density at radius 2 is 2.20 bits per heavy atom. The molecule has 0 saturated carbocycles. The molecule has 0 aliphatic rings. The lowest BCUT2D eigenvalue weighted by Gasteiger charge is -2.04. The van der Waals surface area contributed by atoms with Crippen molar-refractivity contribution < 1.29 is 14.7 Å². The van der Waals surface area contributed by atoms with Gasteiger partial charge >= 0.3 is 5.97 Å². The van der Waals surface area contributed by atoms with E-state index in [1.54, 1.807) is 6.92 Å². The molecule has 1 atom stereocenters. The van der Waals surface area contributed by atoms with Crippen LogP contribution in [0.5, 0.6) is 0 Å². The molecule has 1 radical (unpaired) electrons. The molecule has 0 aliphatic carbocycles. The van der Waals surface area contributed by atoms with Crippen molar-refractivity contribution in [1.29, 1.82) is 0 Å². The molecule has 0 fully saturated rings. The fourth-order valence-corrected chi connectivity index (χ4v) is 0.410. The number of amides is 1. The van der Waals surface area contributed by atoms with E-state index in [1.807, 2.05) is 0 Å². The standard InChI is InChI=1S/C6H10NO3/c1-3-7-5(8)4(2)6(9)10/h4H,2-3H2,1H3,(H,7,8)(H,9,10). The zero-order valence-corrected chi connectivity index (χ0v) is 5.76. The van der Waals surface area contributed by atoms with Crippen LogP contribution in [0.1, 0.15) is 6.92 Å². The molecule has 4 nitrogen and oxygen atoms in total. The number of carbonyl (C=O) groups excluding carboxylic acids is 1. The molecule has 0 aromatic carbocycles. The van der Waals surface area contributed by atoms with Crippen LogP contribution in [-0.4, -0.2) is 23.5 Å². The molecule has 0 spiro atoms. The predicted octanol–water partition coefficient (Wildman–Crippen LogP) is -0.343. The molecule has 57 valence electrons. The molecular formula is C6H10NO3. The summed E-state index contributed by atoms with van der Waals surface area (Å²) in [6.45, 7) is 5.29. The summed E-state index contributed by atoms with van der Waals surface area (Å²) < 4.78 is 0.